The molecule has 3 rings (SSSR count). The summed E-state index contributed by atoms with van der Waals surface area (Å²) in [5.74, 6) is 4.63. The van der Waals surface area contributed by atoms with Crippen LogP contribution in [0.1, 0.15) is 12.8 Å². The van der Waals surface area contributed by atoms with Crippen molar-refractivity contribution in [3.05, 3.63) is 6.42 Å². The van der Waals surface area contributed by atoms with Crippen molar-refractivity contribution in [1.82, 2.24) is 0 Å². The molecule has 0 aromatic rings. The summed E-state index contributed by atoms with van der Waals surface area (Å²) in [5.41, 5.74) is 0. The Kier molecular flexibility index (Phi) is 0.882. The van der Waals surface area contributed by atoms with E-state index in [1.807, 2.05) is 0 Å². The van der Waals surface area contributed by atoms with Crippen LogP contribution in [0.2, 0.25) is 0 Å². The topological polar surface area (TPSA) is 0 Å². The van der Waals surface area contributed by atoms with Crippen LogP contribution in [-0.2, 0) is 17.1 Å². The minimum absolute atomic E-state index is 0. The van der Waals surface area contributed by atoms with Gasteiger partial charge < -0.3 is 6.42 Å². The summed E-state index contributed by atoms with van der Waals surface area (Å²) in [7, 11) is 0. The van der Waals surface area contributed by atoms with E-state index in [1.54, 1.807) is 12.8 Å². The molecule has 4 unspecified atom stereocenters. The Morgan fingerprint density at radius 1 is 1.00 bits per heavy atom. The molecule has 0 N–H and O–H groups in total. The average Bonchev–Trinajstić information content (AvgIpc) is 2.47. The van der Waals surface area contributed by atoms with Crippen LogP contribution in [0.15, 0.2) is 0 Å². The summed E-state index contributed by atoms with van der Waals surface area (Å²) in [6, 6.07) is 0. The molecule has 0 aliphatic heterocycles. The van der Waals surface area contributed by atoms with Gasteiger partial charge in [-0.1, -0.05) is 24.7 Å². The van der Waals surface area contributed by atoms with Crippen LogP contribution in [0, 0.1) is 30.1 Å². The predicted molar refractivity (Wildman–Crippen MR) is 27.5 cm³/mol. The standard InChI is InChI=1S/C7H9.Fe/c1-4-2-6(4)7-3-5(1)7;/h1,4-7H,2-3H2;/q-1;. The van der Waals surface area contributed by atoms with Gasteiger partial charge in [0, 0.05) is 17.1 Å². The fraction of sp³-hybridized carbons (Fsp3) is 0.857. The van der Waals surface area contributed by atoms with E-state index in [-0.39, 0.29) is 17.1 Å². The first-order chi connectivity index (χ1) is 3.45. The largest absolute Gasteiger partial charge is 0.322 e. The van der Waals surface area contributed by atoms with E-state index >= 15 is 0 Å². The van der Waals surface area contributed by atoms with Gasteiger partial charge in [-0.05, 0) is 0 Å². The van der Waals surface area contributed by atoms with Crippen LogP contribution in [0.3, 0.4) is 0 Å². The van der Waals surface area contributed by atoms with Gasteiger partial charge in [-0.3, -0.25) is 0 Å². The molecule has 0 saturated heterocycles. The van der Waals surface area contributed by atoms with Crippen molar-refractivity contribution < 1.29 is 17.1 Å². The van der Waals surface area contributed by atoms with Gasteiger partial charge in [0.2, 0.25) is 0 Å². The molecule has 46 valence electrons. The molecule has 0 amide bonds. The third-order valence-electron chi connectivity index (χ3n) is 2.83. The molecule has 0 aromatic carbocycles. The van der Waals surface area contributed by atoms with E-state index in [4.69, 9.17) is 0 Å². The smallest absolute Gasteiger partial charge is 0 e. The number of hydrogen-bond acceptors (Lipinski definition) is 0. The zero-order chi connectivity index (χ0) is 4.43. The van der Waals surface area contributed by atoms with E-state index in [2.05, 4.69) is 6.42 Å². The Balaban J connectivity index is 0.000000270. The molecule has 1 heteroatoms. The van der Waals surface area contributed by atoms with Gasteiger partial charge in [0.25, 0.3) is 0 Å². The van der Waals surface area contributed by atoms with Crippen molar-refractivity contribution in [2.45, 2.75) is 12.8 Å². The van der Waals surface area contributed by atoms with Gasteiger partial charge in [-0.15, -0.1) is 0 Å². The molecule has 3 fully saturated rings. The Morgan fingerprint density at radius 3 is 1.75 bits per heavy atom. The minimum atomic E-state index is 0. The summed E-state index contributed by atoms with van der Waals surface area (Å²) in [6.07, 6.45) is 5.71. The second-order valence-electron chi connectivity index (χ2n) is 3.32. The Morgan fingerprint density at radius 2 is 1.50 bits per heavy atom. The van der Waals surface area contributed by atoms with Crippen LogP contribution in [-0.4, -0.2) is 0 Å². The minimum Gasteiger partial charge on any atom is -0.322 e. The van der Waals surface area contributed by atoms with Crippen LogP contribution < -0.4 is 0 Å². The van der Waals surface area contributed by atoms with Crippen molar-refractivity contribution in [3.63, 3.8) is 0 Å². The molecule has 4 atom stereocenters. The van der Waals surface area contributed by atoms with E-state index in [1.165, 1.54) is 11.8 Å². The Labute approximate surface area is 60.5 Å². The summed E-state index contributed by atoms with van der Waals surface area (Å²) >= 11 is 0. The van der Waals surface area contributed by atoms with Gasteiger partial charge in [-0.25, -0.2) is 0 Å². The van der Waals surface area contributed by atoms with Gasteiger partial charge in [0.05, 0.1) is 0 Å². The number of fused-ring (bicyclic) bond motifs is 3. The fourth-order valence-electron chi connectivity index (χ4n) is 2.22. The molecule has 3 aliphatic rings. The maximum atomic E-state index is 2.59. The van der Waals surface area contributed by atoms with Crippen molar-refractivity contribution in [2.24, 2.45) is 23.7 Å². The molecule has 8 heavy (non-hydrogen) atoms. The van der Waals surface area contributed by atoms with E-state index < -0.39 is 0 Å². The zero-order valence-electron chi connectivity index (χ0n) is 4.65. The molecule has 0 aromatic heterocycles. The quantitative estimate of drug-likeness (QED) is 0.361. The molecule has 0 spiro atoms. The maximum Gasteiger partial charge on any atom is 0 e. The van der Waals surface area contributed by atoms with E-state index in [0.29, 0.717) is 0 Å². The predicted octanol–water partition coefficient (Wildman–Crippen LogP) is 1.47. The Bertz CT molecular complexity index is 108. The van der Waals surface area contributed by atoms with Crippen LogP contribution in [0.4, 0.5) is 0 Å². The van der Waals surface area contributed by atoms with Crippen LogP contribution in [0.25, 0.3) is 0 Å². The van der Waals surface area contributed by atoms with Gasteiger partial charge in [0.1, 0.15) is 0 Å². The SMILES string of the molecule is [CH-]1C2CC2C2CC12.[Fe]. The normalized spacial score (nSPS) is 63.0. The summed E-state index contributed by atoms with van der Waals surface area (Å²) < 4.78 is 0. The first-order valence-corrected chi connectivity index (χ1v) is 3.30. The molecular formula is C7H9Fe-. The van der Waals surface area contributed by atoms with Crippen molar-refractivity contribution >= 4 is 0 Å². The van der Waals surface area contributed by atoms with Crippen LogP contribution in [0.5, 0.6) is 0 Å². The van der Waals surface area contributed by atoms with Gasteiger partial charge in [0.15, 0.2) is 0 Å². The average molecular weight is 149 g/mol. The molecule has 0 radical (unpaired) electrons. The fourth-order valence-corrected chi connectivity index (χ4v) is 2.22. The number of rotatable bonds is 0. The number of hydrogen-bond donors (Lipinski definition) is 0. The molecule has 3 saturated carbocycles. The first kappa shape index (κ1) is 5.32. The molecule has 3 aliphatic carbocycles. The van der Waals surface area contributed by atoms with Crippen molar-refractivity contribution in [1.29, 1.82) is 0 Å². The zero-order valence-corrected chi connectivity index (χ0v) is 5.76. The van der Waals surface area contributed by atoms with Gasteiger partial charge in [-0.2, -0.15) is 11.8 Å². The van der Waals surface area contributed by atoms with Gasteiger partial charge >= 0.3 is 0 Å². The van der Waals surface area contributed by atoms with Crippen molar-refractivity contribution in [3.8, 4) is 0 Å². The Hall–Kier alpha value is 0.519. The van der Waals surface area contributed by atoms with Crippen molar-refractivity contribution in [2.75, 3.05) is 0 Å². The third kappa shape index (κ3) is 0.472. The van der Waals surface area contributed by atoms with E-state index in [0.717, 1.165) is 11.8 Å². The monoisotopic (exact) mass is 149 g/mol. The summed E-state index contributed by atoms with van der Waals surface area (Å²) in [6.45, 7) is 0. The third-order valence-corrected chi connectivity index (χ3v) is 2.83. The summed E-state index contributed by atoms with van der Waals surface area (Å²) in [4.78, 5) is 0. The van der Waals surface area contributed by atoms with Crippen LogP contribution >= 0.6 is 0 Å². The molecule has 0 nitrogen and oxygen atoms in total. The molecular weight excluding hydrogens is 140 g/mol. The molecule has 0 heterocycles. The maximum absolute atomic E-state index is 2.59. The molecule has 0 bridgehead atoms. The van der Waals surface area contributed by atoms with E-state index in [9.17, 15) is 0 Å². The summed E-state index contributed by atoms with van der Waals surface area (Å²) in [5, 5.41) is 0. The first-order valence-electron chi connectivity index (χ1n) is 3.30. The second kappa shape index (κ2) is 1.33. The second-order valence-corrected chi connectivity index (χ2v) is 3.32.